The minimum atomic E-state index is -5.44. The smallest absolute Gasteiger partial charge is 0.388 e. The van der Waals surface area contributed by atoms with Gasteiger partial charge in [-0.3, -0.25) is 0 Å². The number of hydrogen-bond acceptors (Lipinski definition) is 3. The van der Waals surface area contributed by atoms with Crippen molar-refractivity contribution >= 4 is 0 Å². The van der Waals surface area contributed by atoms with Crippen LogP contribution in [0.3, 0.4) is 0 Å². The van der Waals surface area contributed by atoms with Gasteiger partial charge < -0.3 is 10.2 Å². The number of rotatable bonds is 3. The Kier molecular flexibility index (Phi) is 5.21. The van der Waals surface area contributed by atoms with E-state index in [0.29, 0.717) is 0 Å². The number of alkyl halides is 9. The number of aromatic nitrogens is 1. The summed E-state index contributed by atoms with van der Waals surface area (Å²) in [5, 5.41) is 18.1. The van der Waals surface area contributed by atoms with Crippen molar-refractivity contribution in [2.75, 3.05) is 0 Å². The molecule has 0 bridgehead atoms. The molecular weight excluding hydrogens is 349 g/mol. The Balaban J connectivity index is 3.25. The molecule has 12 heteroatoms. The van der Waals surface area contributed by atoms with Crippen LogP contribution in [0.4, 0.5) is 39.5 Å². The molecule has 0 amide bonds. The number of hydrogen-bond donors (Lipinski definition) is 2. The highest BCUT2D eigenvalue weighted by Crippen LogP contribution is 2.38. The van der Waals surface area contributed by atoms with E-state index in [-0.39, 0.29) is 12.1 Å². The van der Waals surface area contributed by atoms with E-state index in [4.69, 9.17) is 5.11 Å². The van der Waals surface area contributed by atoms with Crippen LogP contribution in [-0.4, -0.2) is 27.5 Å². The maximum atomic E-state index is 12.7. The number of nitrogens with zero attached hydrogens (tertiary/aromatic N) is 1. The molecule has 0 aromatic carbocycles. The van der Waals surface area contributed by atoms with Crippen LogP contribution < -0.4 is 0 Å². The van der Waals surface area contributed by atoms with Gasteiger partial charge in [0.25, 0.3) is 0 Å². The fourth-order valence-corrected chi connectivity index (χ4v) is 1.60. The van der Waals surface area contributed by atoms with Crippen LogP contribution in [0.1, 0.15) is 29.5 Å². The van der Waals surface area contributed by atoms with Crippen molar-refractivity contribution in [2.24, 2.45) is 0 Å². The summed E-state index contributed by atoms with van der Waals surface area (Å²) in [5.74, 6) is 0. The fraction of sp³-hybridized carbons (Fsp3) is 0.545. The molecule has 0 aliphatic carbocycles. The summed E-state index contributed by atoms with van der Waals surface area (Å²) in [6.45, 7) is 0. The average molecular weight is 357 g/mol. The van der Waals surface area contributed by atoms with E-state index >= 15 is 0 Å². The Hall–Kier alpha value is -1.56. The second-order valence-corrected chi connectivity index (χ2v) is 4.44. The number of halogens is 9. The van der Waals surface area contributed by atoms with Crippen LogP contribution >= 0.6 is 0 Å². The van der Waals surface area contributed by atoms with E-state index < -0.39 is 54.1 Å². The Morgan fingerprint density at radius 3 is 1.78 bits per heavy atom. The predicted molar refractivity (Wildman–Crippen MR) is 55.9 cm³/mol. The van der Waals surface area contributed by atoms with Crippen LogP contribution in [0.5, 0.6) is 0 Å². The zero-order valence-corrected chi connectivity index (χ0v) is 10.8. The molecule has 3 nitrogen and oxygen atoms in total. The van der Waals surface area contributed by atoms with Crippen molar-refractivity contribution in [1.29, 1.82) is 0 Å². The number of aliphatic hydroxyl groups is 2. The molecule has 0 saturated heterocycles. The minimum Gasteiger partial charge on any atom is -0.388 e. The monoisotopic (exact) mass is 357 g/mol. The molecule has 0 radical (unpaired) electrons. The van der Waals surface area contributed by atoms with Crippen molar-refractivity contribution in [1.82, 2.24) is 4.98 Å². The zero-order valence-electron chi connectivity index (χ0n) is 10.8. The lowest BCUT2D eigenvalue weighted by Gasteiger charge is -2.21. The summed E-state index contributed by atoms with van der Waals surface area (Å²) in [6.07, 6.45) is -23.1. The summed E-state index contributed by atoms with van der Waals surface area (Å²) in [4.78, 5) is 2.33. The number of pyridine rings is 1. The Bertz CT molecular complexity index is 550. The van der Waals surface area contributed by atoms with E-state index in [9.17, 15) is 44.6 Å². The van der Waals surface area contributed by atoms with Crippen molar-refractivity contribution in [3.8, 4) is 0 Å². The lowest BCUT2D eigenvalue weighted by Crippen LogP contribution is -2.31. The maximum Gasteiger partial charge on any atom is 0.433 e. The summed E-state index contributed by atoms with van der Waals surface area (Å²) >= 11 is 0. The standard InChI is InChI=1S/C11H8F9NO2/c12-9(13,14)6-2-1-4(8(21-6)11(18,19)20)5(22)3-7(23)10(15,16)17/h1-2,5,7,22-23H,3H2. The average Bonchev–Trinajstić information content (AvgIpc) is 2.34. The van der Waals surface area contributed by atoms with Gasteiger partial charge in [-0.15, -0.1) is 0 Å². The molecule has 0 aliphatic rings. The van der Waals surface area contributed by atoms with Gasteiger partial charge in [0.2, 0.25) is 0 Å². The third-order valence-electron chi connectivity index (χ3n) is 2.67. The summed E-state index contributed by atoms with van der Waals surface area (Å²) in [7, 11) is 0. The first-order chi connectivity index (χ1) is 10.1. The van der Waals surface area contributed by atoms with Gasteiger partial charge >= 0.3 is 18.5 Å². The second-order valence-electron chi connectivity index (χ2n) is 4.44. The molecule has 1 heterocycles. The van der Waals surface area contributed by atoms with Crippen molar-refractivity contribution in [3.05, 3.63) is 29.1 Å². The third-order valence-corrected chi connectivity index (χ3v) is 2.67. The maximum absolute atomic E-state index is 12.7. The highest BCUT2D eigenvalue weighted by molar-refractivity contribution is 5.28. The van der Waals surface area contributed by atoms with Gasteiger partial charge in [-0.05, 0) is 6.07 Å². The van der Waals surface area contributed by atoms with Gasteiger partial charge in [-0.25, -0.2) is 4.98 Å². The quantitative estimate of drug-likeness (QED) is 0.815. The van der Waals surface area contributed by atoms with Gasteiger partial charge in [0, 0.05) is 12.0 Å². The normalized spacial score (nSPS) is 16.3. The van der Waals surface area contributed by atoms with Crippen LogP contribution in [0.25, 0.3) is 0 Å². The number of aliphatic hydroxyl groups excluding tert-OH is 2. The highest BCUT2D eigenvalue weighted by Gasteiger charge is 2.44. The van der Waals surface area contributed by atoms with E-state index in [1.807, 2.05) is 0 Å². The fourth-order valence-electron chi connectivity index (χ4n) is 1.60. The molecule has 0 saturated carbocycles. The predicted octanol–water partition coefficient (Wildman–Crippen LogP) is 3.47. The molecule has 0 spiro atoms. The molecule has 2 unspecified atom stereocenters. The van der Waals surface area contributed by atoms with E-state index in [1.54, 1.807) is 0 Å². The molecular formula is C11H8F9NO2. The molecule has 0 aliphatic heterocycles. The van der Waals surface area contributed by atoms with Crippen LogP contribution in [0, 0.1) is 0 Å². The van der Waals surface area contributed by atoms with Crippen molar-refractivity contribution in [2.45, 2.75) is 37.2 Å². The summed E-state index contributed by atoms with van der Waals surface area (Å²) in [6, 6.07) is 0.264. The van der Waals surface area contributed by atoms with E-state index in [2.05, 4.69) is 4.98 Å². The first kappa shape index (κ1) is 19.5. The van der Waals surface area contributed by atoms with Gasteiger partial charge in [-0.2, -0.15) is 39.5 Å². The van der Waals surface area contributed by atoms with Crippen LogP contribution in [0.15, 0.2) is 12.1 Å². The van der Waals surface area contributed by atoms with Gasteiger partial charge in [0.15, 0.2) is 11.8 Å². The molecule has 1 aromatic rings. The lowest BCUT2D eigenvalue weighted by molar-refractivity contribution is -0.211. The molecule has 23 heavy (non-hydrogen) atoms. The molecule has 2 atom stereocenters. The van der Waals surface area contributed by atoms with E-state index in [0.717, 1.165) is 0 Å². The first-order valence-corrected chi connectivity index (χ1v) is 5.72. The zero-order chi connectivity index (χ0) is 18.2. The second kappa shape index (κ2) is 6.15. The molecule has 1 aromatic heterocycles. The summed E-state index contributed by atoms with van der Waals surface area (Å²) in [5.41, 5.74) is -5.39. The van der Waals surface area contributed by atoms with Gasteiger partial charge in [0.1, 0.15) is 5.69 Å². The Morgan fingerprint density at radius 2 is 1.39 bits per heavy atom. The molecule has 132 valence electrons. The Labute approximate surface area is 122 Å². The Morgan fingerprint density at radius 1 is 0.870 bits per heavy atom. The topological polar surface area (TPSA) is 53.4 Å². The van der Waals surface area contributed by atoms with Crippen molar-refractivity contribution in [3.63, 3.8) is 0 Å². The lowest BCUT2D eigenvalue weighted by atomic mass is 10.0. The molecule has 2 N–H and O–H groups in total. The highest BCUT2D eigenvalue weighted by atomic mass is 19.4. The third kappa shape index (κ3) is 4.96. The van der Waals surface area contributed by atoms with E-state index in [1.165, 1.54) is 0 Å². The SMILES string of the molecule is OC(CC(O)C(F)(F)F)c1ccc(C(F)(F)F)nc1C(F)(F)F. The summed E-state index contributed by atoms with van der Waals surface area (Å²) < 4.78 is 112. The van der Waals surface area contributed by atoms with Crippen LogP contribution in [0.2, 0.25) is 0 Å². The minimum absolute atomic E-state index is 0.0910. The van der Waals surface area contributed by atoms with Gasteiger partial charge in [-0.1, -0.05) is 6.07 Å². The first-order valence-electron chi connectivity index (χ1n) is 5.72. The van der Waals surface area contributed by atoms with Crippen molar-refractivity contribution < 1.29 is 49.7 Å². The molecule has 1 rings (SSSR count). The van der Waals surface area contributed by atoms with Crippen LogP contribution in [-0.2, 0) is 12.4 Å². The largest absolute Gasteiger partial charge is 0.433 e. The van der Waals surface area contributed by atoms with Gasteiger partial charge in [0.05, 0.1) is 6.10 Å². The molecule has 0 fully saturated rings.